The average Bonchev–Trinajstić information content (AvgIpc) is 3.09. The van der Waals surface area contributed by atoms with Crippen LogP contribution >= 0.6 is 0 Å². The Labute approximate surface area is 151 Å². The summed E-state index contributed by atoms with van der Waals surface area (Å²) in [4.78, 5) is 17.8. The summed E-state index contributed by atoms with van der Waals surface area (Å²) in [6.07, 6.45) is 4.54. The van der Waals surface area contributed by atoms with Gasteiger partial charge in [-0.15, -0.1) is 0 Å². The minimum absolute atomic E-state index is 0.0256. The zero-order chi connectivity index (χ0) is 18.0. The monoisotopic (exact) mass is 347 g/mol. The Kier molecular flexibility index (Phi) is 5.49. The summed E-state index contributed by atoms with van der Waals surface area (Å²) in [6.45, 7) is 9.15. The summed E-state index contributed by atoms with van der Waals surface area (Å²) >= 11 is 0. The molecule has 0 aromatic carbocycles. The number of rotatable bonds is 5. The predicted molar refractivity (Wildman–Crippen MR) is 99.2 cm³/mol. The SMILES string of the molecule is CCCN1CC2(CCN(C)CC2)C[C@H]1C(=O)NCc1cc(C)nn1C. The largest absolute Gasteiger partial charge is 0.349 e. The molecule has 1 N–H and O–H groups in total. The Morgan fingerprint density at radius 1 is 1.36 bits per heavy atom. The van der Waals surface area contributed by atoms with Crippen molar-refractivity contribution in [3.05, 3.63) is 17.5 Å². The smallest absolute Gasteiger partial charge is 0.237 e. The fraction of sp³-hybridized carbons (Fsp3) is 0.789. The first-order valence-corrected chi connectivity index (χ1v) is 9.62. The van der Waals surface area contributed by atoms with Crippen LogP contribution in [0.2, 0.25) is 0 Å². The molecular weight excluding hydrogens is 314 g/mol. The van der Waals surface area contributed by atoms with Crippen molar-refractivity contribution in [3.63, 3.8) is 0 Å². The van der Waals surface area contributed by atoms with Crippen molar-refractivity contribution >= 4 is 5.91 Å². The zero-order valence-electron chi connectivity index (χ0n) is 16.2. The van der Waals surface area contributed by atoms with Crippen LogP contribution in [-0.4, -0.2) is 64.8 Å². The van der Waals surface area contributed by atoms with Gasteiger partial charge in [0.2, 0.25) is 5.91 Å². The van der Waals surface area contributed by atoms with Gasteiger partial charge in [-0.25, -0.2) is 0 Å². The molecule has 0 bridgehead atoms. The van der Waals surface area contributed by atoms with Crippen molar-refractivity contribution in [1.82, 2.24) is 24.9 Å². The lowest BCUT2D eigenvalue weighted by atomic mass is 9.76. The van der Waals surface area contributed by atoms with Gasteiger partial charge in [0.15, 0.2) is 0 Å². The minimum Gasteiger partial charge on any atom is -0.349 e. The van der Waals surface area contributed by atoms with Crippen molar-refractivity contribution in [3.8, 4) is 0 Å². The molecule has 1 amide bonds. The second-order valence-corrected chi connectivity index (χ2v) is 8.11. The molecule has 1 spiro atoms. The molecule has 2 fully saturated rings. The highest BCUT2D eigenvalue weighted by molar-refractivity contribution is 5.82. The van der Waals surface area contributed by atoms with Crippen LogP contribution in [0.25, 0.3) is 0 Å². The van der Waals surface area contributed by atoms with Crippen molar-refractivity contribution < 1.29 is 4.79 Å². The summed E-state index contributed by atoms with van der Waals surface area (Å²) in [6, 6.07) is 2.06. The highest BCUT2D eigenvalue weighted by Gasteiger charge is 2.47. The Morgan fingerprint density at radius 3 is 2.68 bits per heavy atom. The lowest BCUT2D eigenvalue weighted by molar-refractivity contribution is -0.125. The highest BCUT2D eigenvalue weighted by atomic mass is 16.2. The number of amides is 1. The number of aryl methyl sites for hydroxylation is 2. The van der Waals surface area contributed by atoms with Crippen LogP contribution in [0.5, 0.6) is 0 Å². The fourth-order valence-corrected chi connectivity index (χ4v) is 4.51. The third-order valence-electron chi connectivity index (χ3n) is 6.01. The van der Waals surface area contributed by atoms with Gasteiger partial charge in [-0.3, -0.25) is 14.4 Å². The normalized spacial score (nSPS) is 24.1. The first kappa shape index (κ1) is 18.4. The van der Waals surface area contributed by atoms with E-state index in [2.05, 4.69) is 34.2 Å². The van der Waals surface area contributed by atoms with Gasteiger partial charge in [-0.1, -0.05) is 6.92 Å². The molecule has 0 radical (unpaired) electrons. The second kappa shape index (κ2) is 7.46. The van der Waals surface area contributed by atoms with Crippen molar-refractivity contribution in [2.24, 2.45) is 12.5 Å². The lowest BCUT2D eigenvalue weighted by Gasteiger charge is -2.37. The van der Waals surface area contributed by atoms with Crippen LogP contribution < -0.4 is 5.32 Å². The number of carbonyl (C=O) groups is 1. The topological polar surface area (TPSA) is 53.4 Å². The maximum absolute atomic E-state index is 12.9. The van der Waals surface area contributed by atoms with Crippen molar-refractivity contribution in [2.75, 3.05) is 33.2 Å². The molecule has 25 heavy (non-hydrogen) atoms. The van der Waals surface area contributed by atoms with Crippen molar-refractivity contribution in [2.45, 2.75) is 52.1 Å². The van der Waals surface area contributed by atoms with Gasteiger partial charge >= 0.3 is 0 Å². The van der Waals surface area contributed by atoms with Crippen LogP contribution in [0.4, 0.5) is 0 Å². The maximum Gasteiger partial charge on any atom is 0.237 e. The number of hydrogen-bond acceptors (Lipinski definition) is 4. The van der Waals surface area contributed by atoms with Gasteiger partial charge in [0, 0.05) is 13.6 Å². The molecule has 1 aromatic heterocycles. The Hall–Kier alpha value is -1.40. The van der Waals surface area contributed by atoms with E-state index < -0.39 is 0 Å². The predicted octanol–water partition coefficient (Wildman–Crippen LogP) is 1.54. The first-order chi connectivity index (χ1) is 11.9. The molecule has 2 aliphatic rings. The molecule has 6 nitrogen and oxygen atoms in total. The van der Waals surface area contributed by atoms with Gasteiger partial charge in [-0.2, -0.15) is 5.10 Å². The average molecular weight is 348 g/mol. The van der Waals surface area contributed by atoms with Gasteiger partial charge in [0.05, 0.1) is 24.0 Å². The molecule has 0 unspecified atom stereocenters. The maximum atomic E-state index is 12.9. The molecule has 1 atom stereocenters. The molecule has 3 heterocycles. The molecular formula is C19H33N5O. The highest BCUT2D eigenvalue weighted by Crippen LogP contribution is 2.43. The van der Waals surface area contributed by atoms with E-state index in [0.717, 1.165) is 50.4 Å². The summed E-state index contributed by atoms with van der Waals surface area (Å²) in [5, 5.41) is 7.52. The first-order valence-electron chi connectivity index (χ1n) is 9.62. The Balaban J connectivity index is 1.64. The third kappa shape index (κ3) is 4.06. The molecule has 140 valence electrons. The van der Waals surface area contributed by atoms with E-state index in [1.807, 2.05) is 24.7 Å². The van der Waals surface area contributed by atoms with E-state index in [9.17, 15) is 4.79 Å². The van der Waals surface area contributed by atoms with E-state index in [-0.39, 0.29) is 11.9 Å². The van der Waals surface area contributed by atoms with Gasteiger partial charge in [0.25, 0.3) is 0 Å². The second-order valence-electron chi connectivity index (χ2n) is 8.11. The third-order valence-corrected chi connectivity index (χ3v) is 6.01. The van der Waals surface area contributed by atoms with E-state index in [4.69, 9.17) is 0 Å². The molecule has 2 saturated heterocycles. The number of likely N-dealkylation sites (tertiary alicyclic amines) is 2. The number of nitrogens with zero attached hydrogens (tertiary/aromatic N) is 4. The summed E-state index contributed by atoms with van der Waals surface area (Å²) in [5.74, 6) is 0.183. The number of carbonyl (C=O) groups excluding carboxylic acids is 1. The molecule has 0 aliphatic carbocycles. The number of aromatic nitrogens is 2. The van der Waals surface area contributed by atoms with Crippen molar-refractivity contribution in [1.29, 1.82) is 0 Å². The van der Waals surface area contributed by atoms with E-state index in [1.165, 1.54) is 12.8 Å². The lowest BCUT2D eigenvalue weighted by Crippen LogP contribution is -2.43. The van der Waals surface area contributed by atoms with Gasteiger partial charge in [-0.05, 0) is 70.8 Å². The molecule has 1 aromatic rings. The van der Waals surface area contributed by atoms with Crippen LogP contribution in [0, 0.1) is 12.3 Å². The Morgan fingerprint density at radius 2 is 2.08 bits per heavy atom. The fourth-order valence-electron chi connectivity index (χ4n) is 4.51. The van der Waals surface area contributed by atoms with E-state index >= 15 is 0 Å². The number of nitrogens with one attached hydrogen (secondary N) is 1. The quantitative estimate of drug-likeness (QED) is 0.878. The number of hydrogen-bond donors (Lipinski definition) is 1. The standard InChI is InChI=1S/C19H33N5O/c1-5-8-24-14-19(6-9-22(3)10-7-19)12-17(24)18(25)20-13-16-11-15(2)21-23(16)4/h11,17H,5-10,12-14H2,1-4H3,(H,20,25)/t17-/m0/s1. The van der Waals surface area contributed by atoms with Crippen LogP contribution in [0.15, 0.2) is 6.07 Å². The molecule has 0 saturated carbocycles. The summed E-state index contributed by atoms with van der Waals surface area (Å²) < 4.78 is 1.85. The number of piperidine rings is 1. The zero-order valence-corrected chi connectivity index (χ0v) is 16.2. The minimum atomic E-state index is 0.0256. The molecule has 2 aliphatic heterocycles. The van der Waals surface area contributed by atoms with Gasteiger partial charge < -0.3 is 10.2 Å². The van der Waals surface area contributed by atoms with Crippen LogP contribution in [-0.2, 0) is 18.4 Å². The van der Waals surface area contributed by atoms with Crippen LogP contribution in [0.3, 0.4) is 0 Å². The van der Waals surface area contributed by atoms with Crippen LogP contribution in [0.1, 0.15) is 44.0 Å². The van der Waals surface area contributed by atoms with E-state index in [1.54, 1.807) is 0 Å². The molecule has 3 rings (SSSR count). The Bertz CT molecular complexity index is 603. The molecule has 6 heteroatoms. The van der Waals surface area contributed by atoms with E-state index in [0.29, 0.717) is 12.0 Å². The summed E-state index contributed by atoms with van der Waals surface area (Å²) in [7, 11) is 4.13. The summed E-state index contributed by atoms with van der Waals surface area (Å²) in [5.41, 5.74) is 2.39. The van der Waals surface area contributed by atoms with Gasteiger partial charge in [0.1, 0.15) is 0 Å².